The Kier molecular flexibility index (Phi) is 6.18. The number of benzene rings is 1. The average Bonchev–Trinajstić information content (AvgIpc) is 2.49. The maximum atomic E-state index is 13.4. The van der Waals surface area contributed by atoms with E-state index in [4.69, 9.17) is 5.73 Å². The second-order valence-corrected chi connectivity index (χ2v) is 5.88. The van der Waals surface area contributed by atoms with E-state index in [2.05, 4.69) is 0 Å². The molecule has 2 rings (SSSR count). The summed E-state index contributed by atoms with van der Waals surface area (Å²) in [5, 5.41) is 0. The van der Waals surface area contributed by atoms with Crippen LogP contribution in [0.1, 0.15) is 44.9 Å². The SMILES string of the molecule is NCCCN(C(=O)CC1CCCCC1)c1cccc(F)c1. The molecule has 1 aliphatic carbocycles. The van der Waals surface area contributed by atoms with Crippen LogP contribution >= 0.6 is 0 Å². The highest BCUT2D eigenvalue weighted by Gasteiger charge is 2.22. The van der Waals surface area contributed by atoms with Gasteiger partial charge in [0, 0.05) is 18.7 Å². The molecule has 0 aliphatic heterocycles. The van der Waals surface area contributed by atoms with Gasteiger partial charge in [0.1, 0.15) is 5.82 Å². The molecule has 0 aromatic heterocycles. The molecule has 0 heterocycles. The molecule has 0 saturated heterocycles. The summed E-state index contributed by atoms with van der Waals surface area (Å²) in [5.74, 6) is 0.275. The predicted octanol–water partition coefficient (Wildman–Crippen LogP) is 3.48. The second-order valence-electron chi connectivity index (χ2n) is 5.88. The van der Waals surface area contributed by atoms with Crippen LogP contribution in [0.5, 0.6) is 0 Å². The van der Waals surface area contributed by atoms with Gasteiger partial charge >= 0.3 is 0 Å². The summed E-state index contributed by atoms with van der Waals surface area (Å²) in [6.45, 7) is 1.09. The van der Waals surface area contributed by atoms with Crippen LogP contribution in [0, 0.1) is 11.7 Å². The third-order valence-electron chi connectivity index (χ3n) is 4.19. The van der Waals surface area contributed by atoms with Gasteiger partial charge in [-0.15, -0.1) is 0 Å². The van der Waals surface area contributed by atoms with Gasteiger partial charge in [-0.1, -0.05) is 25.3 Å². The molecule has 0 bridgehead atoms. The number of amides is 1. The van der Waals surface area contributed by atoms with Gasteiger partial charge in [0.25, 0.3) is 0 Å². The molecule has 0 atom stereocenters. The number of nitrogens with two attached hydrogens (primary N) is 1. The molecule has 116 valence electrons. The van der Waals surface area contributed by atoms with E-state index < -0.39 is 0 Å². The van der Waals surface area contributed by atoms with Gasteiger partial charge in [0.2, 0.25) is 5.91 Å². The minimum Gasteiger partial charge on any atom is -0.330 e. The minimum absolute atomic E-state index is 0.0981. The Bertz CT molecular complexity index is 458. The molecular weight excluding hydrogens is 267 g/mol. The predicted molar refractivity (Wildman–Crippen MR) is 83.6 cm³/mol. The highest BCUT2D eigenvalue weighted by atomic mass is 19.1. The Morgan fingerprint density at radius 2 is 2.05 bits per heavy atom. The van der Waals surface area contributed by atoms with E-state index in [1.807, 2.05) is 0 Å². The molecule has 1 aromatic rings. The number of halogens is 1. The number of hydrogen-bond acceptors (Lipinski definition) is 2. The molecule has 1 aromatic carbocycles. The number of rotatable bonds is 6. The molecule has 1 aliphatic rings. The van der Waals surface area contributed by atoms with Gasteiger partial charge in [-0.3, -0.25) is 4.79 Å². The normalized spacial score (nSPS) is 15.9. The molecule has 1 fully saturated rings. The van der Waals surface area contributed by atoms with Crippen molar-refractivity contribution < 1.29 is 9.18 Å². The molecule has 0 unspecified atom stereocenters. The van der Waals surface area contributed by atoms with Gasteiger partial charge in [-0.25, -0.2) is 4.39 Å². The summed E-state index contributed by atoms with van der Waals surface area (Å²) in [4.78, 5) is 14.3. The van der Waals surface area contributed by atoms with Crippen molar-refractivity contribution in [3.05, 3.63) is 30.1 Å². The van der Waals surface area contributed by atoms with Crippen LogP contribution in [0.25, 0.3) is 0 Å². The lowest BCUT2D eigenvalue weighted by molar-refractivity contribution is -0.119. The van der Waals surface area contributed by atoms with Crippen molar-refractivity contribution in [2.75, 3.05) is 18.0 Å². The van der Waals surface area contributed by atoms with Crippen molar-refractivity contribution in [2.45, 2.75) is 44.9 Å². The van der Waals surface area contributed by atoms with Crippen LogP contribution in [0.4, 0.5) is 10.1 Å². The number of anilines is 1. The molecule has 0 radical (unpaired) electrons. The first-order chi connectivity index (χ1) is 10.2. The highest BCUT2D eigenvalue weighted by molar-refractivity contribution is 5.93. The zero-order valence-corrected chi connectivity index (χ0v) is 12.6. The molecule has 0 spiro atoms. The standard InChI is InChI=1S/C17H25FN2O/c18-15-8-4-9-16(13-15)20(11-5-10-19)17(21)12-14-6-2-1-3-7-14/h4,8-9,13-14H,1-3,5-7,10-12,19H2. The van der Waals surface area contributed by atoms with E-state index in [1.165, 1.54) is 31.4 Å². The van der Waals surface area contributed by atoms with Crippen molar-refractivity contribution in [1.82, 2.24) is 0 Å². The zero-order chi connectivity index (χ0) is 15.1. The van der Waals surface area contributed by atoms with Crippen LogP contribution < -0.4 is 10.6 Å². The Balaban J connectivity index is 2.05. The van der Waals surface area contributed by atoms with E-state index in [9.17, 15) is 9.18 Å². The van der Waals surface area contributed by atoms with Gasteiger partial charge in [-0.05, 0) is 49.9 Å². The maximum Gasteiger partial charge on any atom is 0.227 e. The van der Waals surface area contributed by atoms with Crippen LogP contribution in [-0.2, 0) is 4.79 Å². The monoisotopic (exact) mass is 292 g/mol. The number of carbonyl (C=O) groups is 1. The van der Waals surface area contributed by atoms with Crippen LogP contribution in [0.3, 0.4) is 0 Å². The maximum absolute atomic E-state index is 13.4. The van der Waals surface area contributed by atoms with Crippen molar-refractivity contribution in [3.63, 3.8) is 0 Å². The molecule has 3 nitrogen and oxygen atoms in total. The Hall–Kier alpha value is -1.42. The summed E-state index contributed by atoms with van der Waals surface area (Å²) in [5.41, 5.74) is 6.20. The quantitative estimate of drug-likeness (QED) is 0.872. The summed E-state index contributed by atoms with van der Waals surface area (Å²) in [7, 11) is 0. The first-order valence-corrected chi connectivity index (χ1v) is 7.96. The van der Waals surface area contributed by atoms with E-state index in [0.717, 1.165) is 19.3 Å². The van der Waals surface area contributed by atoms with E-state index in [-0.39, 0.29) is 11.7 Å². The van der Waals surface area contributed by atoms with Crippen LogP contribution in [0.2, 0.25) is 0 Å². The van der Waals surface area contributed by atoms with Gasteiger partial charge < -0.3 is 10.6 Å². The second kappa shape index (κ2) is 8.13. The van der Waals surface area contributed by atoms with E-state index >= 15 is 0 Å². The zero-order valence-electron chi connectivity index (χ0n) is 12.6. The third kappa shape index (κ3) is 4.81. The third-order valence-corrected chi connectivity index (χ3v) is 4.19. The molecule has 4 heteroatoms. The Morgan fingerprint density at radius 3 is 2.71 bits per heavy atom. The van der Waals surface area contributed by atoms with Gasteiger partial charge in [-0.2, -0.15) is 0 Å². The lowest BCUT2D eigenvalue weighted by atomic mass is 9.86. The van der Waals surface area contributed by atoms with E-state index in [0.29, 0.717) is 31.1 Å². The highest BCUT2D eigenvalue weighted by Crippen LogP contribution is 2.28. The first kappa shape index (κ1) is 16.0. The first-order valence-electron chi connectivity index (χ1n) is 7.96. The smallest absolute Gasteiger partial charge is 0.227 e. The van der Waals surface area contributed by atoms with Crippen molar-refractivity contribution in [3.8, 4) is 0 Å². The molecular formula is C17H25FN2O. The fourth-order valence-corrected chi connectivity index (χ4v) is 3.04. The fraction of sp³-hybridized carbons (Fsp3) is 0.588. The molecule has 1 saturated carbocycles. The summed E-state index contributed by atoms with van der Waals surface area (Å²) >= 11 is 0. The van der Waals surface area contributed by atoms with Crippen LogP contribution in [-0.4, -0.2) is 19.0 Å². The topological polar surface area (TPSA) is 46.3 Å². The fourth-order valence-electron chi connectivity index (χ4n) is 3.04. The summed E-state index contributed by atoms with van der Waals surface area (Å²) in [6, 6.07) is 6.26. The summed E-state index contributed by atoms with van der Waals surface area (Å²) < 4.78 is 13.4. The number of carbonyl (C=O) groups excluding carboxylic acids is 1. The largest absolute Gasteiger partial charge is 0.330 e. The molecule has 21 heavy (non-hydrogen) atoms. The van der Waals surface area contributed by atoms with Crippen LogP contribution in [0.15, 0.2) is 24.3 Å². The van der Waals surface area contributed by atoms with Gasteiger partial charge in [0.05, 0.1) is 0 Å². The molecule has 2 N–H and O–H groups in total. The van der Waals surface area contributed by atoms with E-state index in [1.54, 1.807) is 17.0 Å². The van der Waals surface area contributed by atoms with Gasteiger partial charge in [0.15, 0.2) is 0 Å². The van der Waals surface area contributed by atoms with Crippen molar-refractivity contribution >= 4 is 11.6 Å². The Labute approximate surface area is 126 Å². The minimum atomic E-state index is -0.310. The summed E-state index contributed by atoms with van der Waals surface area (Å²) in [6.07, 6.45) is 7.31. The lowest BCUT2D eigenvalue weighted by Gasteiger charge is -2.27. The lowest BCUT2D eigenvalue weighted by Crippen LogP contribution is -2.34. The van der Waals surface area contributed by atoms with Crippen molar-refractivity contribution in [2.24, 2.45) is 11.7 Å². The van der Waals surface area contributed by atoms with Crippen molar-refractivity contribution in [1.29, 1.82) is 0 Å². The Morgan fingerprint density at radius 1 is 1.29 bits per heavy atom. The number of nitrogens with zero attached hydrogens (tertiary/aromatic N) is 1. The number of hydrogen-bond donors (Lipinski definition) is 1. The average molecular weight is 292 g/mol. The molecule has 1 amide bonds.